The number of fused-ring (bicyclic) bond motifs is 22. The summed E-state index contributed by atoms with van der Waals surface area (Å²) in [6.07, 6.45) is 0. The van der Waals surface area contributed by atoms with Gasteiger partial charge in [-0.3, -0.25) is 0 Å². The standard InChI is InChI=1S/C51H36N2O.C36H24N2S.C28H19NS.C24H17NS/c1-51(2)45-23-9-6-18-38(45)41-22-13-21-37(49(41)51)32-14-12-15-34(28-32)52-35-30-42(50-44(31-35)40-20-8-11-25-48(40)54-50)33-26-27-47-43(29-33)39-19-7-10-24-46(39)53(47)36-16-4-3-5-17-36;1-3-11-24(12-4-1)35-30(20-22-34-36(35)28-16-8-10-18-33(28)39-34)37-25-19-21-32-29(23-25)27-15-7-9-17-31(27)38(32)26-13-5-2-6-14-26;1-2-11-20(12-3-1)29-25-18-17-23(22-15-8-10-19-9-4-5-13-21(19)22)28-27(25)24-14-6-7-16-26(24)30-28;1-3-9-17(10-4-1)19-15-16-21(25-18-11-5-2-6-12-18)23-20-13-7-8-14-22(20)26-24(19)23/h3-31,52H,1-2H3;1-23,37H;1-18,29H;1-16,25H. The first kappa shape index (κ1) is 89.4. The first-order chi connectivity index (χ1) is 73.7. The van der Waals surface area contributed by atoms with Crippen molar-refractivity contribution in [2.24, 2.45) is 0 Å². The van der Waals surface area contributed by atoms with Crippen molar-refractivity contribution in [1.29, 1.82) is 0 Å². The molecule has 1 aliphatic carbocycles. The summed E-state index contributed by atoms with van der Waals surface area (Å²) in [5.41, 5.74) is 35.2. The third-order valence-electron chi connectivity index (χ3n) is 29.4. The largest absolute Gasteiger partial charge is 0.455 e. The van der Waals surface area contributed by atoms with Gasteiger partial charge in [0.2, 0.25) is 0 Å². The number of anilines is 8. The molecule has 0 amide bonds. The predicted octanol–water partition coefficient (Wildman–Crippen LogP) is 40.7. The topological polar surface area (TPSA) is 71.1 Å². The van der Waals surface area contributed by atoms with E-state index in [1.54, 1.807) is 0 Å². The van der Waals surface area contributed by atoms with Crippen LogP contribution in [0.1, 0.15) is 25.0 Å². The molecule has 4 N–H and O–H groups in total. The molecule has 0 saturated carbocycles. The van der Waals surface area contributed by atoms with Crippen LogP contribution in [-0.2, 0) is 5.41 Å². The second kappa shape index (κ2) is 38.0. The summed E-state index contributed by atoms with van der Waals surface area (Å²) in [5, 5.41) is 32.4. The number of benzene rings is 23. The lowest BCUT2D eigenvalue weighted by atomic mass is 9.79. The van der Waals surface area contributed by atoms with E-state index in [1.165, 1.54) is 187 Å². The third-order valence-corrected chi connectivity index (χ3v) is 33.0. The SMILES string of the molecule is CC1(C)c2ccccc2-c2cccc(-c3cccc(Nc4cc(-c5ccc6c(c5)c5ccccc5n6-c5ccccc5)c5oc6ccccc6c5c4)c3)c21.c1ccc(-c2c(Nc3ccc4c(c3)c3ccccc3n4-c3ccccc3)ccc3sc4ccccc4c23)cc1.c1ccc(Nc2ccc(-c3cccc4ccccc34)c3sc4ccccc4c23)cc1.c1ccc(Nc2ccc(-c3ccccc3)c3sc4ccccc4c23)cc1. The molecule has 10 heteroatoms. The van der Waals surface area contributed by atoms with E-state index in [9.17, 15) is 0 Å². The van der Waals surface area contributed by atoms with Gasteiger partial charge in [-0.15, -0.1) is 34.0 Å². The highest BCUT2D eigenvalue weighted by Gasteiger charge is 2.38. The van der Waals surface area contributed by atoms with Crippen LogP contribution < -0.4 is 21.3 Å². The van der Waals surface area contributed by atoms with Crippen LogP contribution in [0.2, 0.25) is 0 Å². The van der Waals surface area contributed by atoms with Gasteiger partial charge in [0, 0.05) is 172 Å². The zero-order chi connectivity index (χ0) is 99.0. The molecule has 6 heterocycles. The Kier molecular flexibility index (Phi) is 22.8. The van der Waals surface area contributed by atoms with Crippen LogP contribution in [-0.4, -0.2) is 9.13 Å². The summed E-state index contributed by atoms with van der Waals surface area (Å²) in [6.45, 7) is 4.71. The molecule has 0 aliphatic heterocycles. The van der Waals surface area contributed by atoms with Gasteiger partial charge < -0.3 is 34.8 Å². The average Bonchev–Trinajstić information content (AvgIpc) is 1.57. The molecule has 0 unspecified atom stereocenters. The van der Waals surface area contributed by atoms with E-state index < -0.39 is 0 Å². The normalized spacial score (nSPS) is 12.0. The van der Waals surface area contributed by atoms with Gasteiger partial charge in [-0.1, -0.05) is 372 Å². The molecule has 23 aromatic carbocycles. The lowest BCUT2D eigenvalue weighted by molar-refractivity contribution is 0.662. The summed E-state index contributed by atoms with van der Waals surface area (Å²) in [7, 11) is 0. The first-order valence-electron chi connectivity index (χ1n) is 50.7. The van der Waals surface area contributed by atoms with Crippen molar-refractivity contribution in [1.82, 2.24) is 9.13 Å². The van der Waals surface area contributed by atoms with Gasteiger partial charge in [-0.25, -0.2) is 0 Å². The zero-order valence-electron chi connectivity index (χ0n) is 81.7. The molecule has 29 aromatic rings. The average molecular weight is 1960 g/mol. The van der Waals surface area contributed by atoms with Crippen LogP contribution in [0.5, 0.6) is 0 Å². The monoisotopic (exact) mass is 1960 g/mol. The third kappa shape index (κ3) is 16.2. The Balaban J connectivity index is 0.000000102. The number of nitrogens with zero attached hydrogens (tertiary/aromatic N) is 2. The Morgan fingerprint density at radius 1 is 0.221 bits per heavy atom. The molecule has 706 valence electrons. The first-order valence-corrected chi connectivity index (χ1v) is 53.2. The van der Waals surface area contributed by atoms with E-state index in [2.05, 4.69) is 548 Å². The maximum absolute atomic E-state index is 6.65. The molecule has 7 nitrogen and oxygen atoms in total. The van der Waals surface area contributed by atoms with Crippen LogP contribution in [0.15, 0.2) is 526 Å². The lowest BCUT2D eigenvalue weighted by Crippen LogP contribution is -2.16. The highest BCUT2D eigenvalue weighted by atomic mass is 32.1. The summed E-state index contributed by atoms with van der Waals surface area (Å²) < 4.78 is 19.3. The van der Waals surface area contributed by atoms with Crippen molar-refractivity contribution >= 4 is 216 Å². The second-order valence-corrected chi connectivity index (χ2v) is 41.9. The van der Waals surface area contributed by atoms with Crippen LogP contribution in [0.3, 0.4) is 0 Å². The highest BCUT2D eigenvalue weighted by Crippen LogP contribution is 2.55. The number of furan rings is 1. The molecular formula is C139H96N6OS3. The molecular weight excluding hydrogens is 1870 g/mol. The number of aromatic nitrogens is 2. The Morgan fingerprint density at radius 3 is 1.30 bits per heavy atom. The fourth-order valence-corrected chi connectivity index (χ4v) is 26.4. The summed E-state index contributed by atoms with van der Waals surface area (Å²) in [4.78, 5) is 0. The van der Waals surface area contributed by atoms with E-state index in [1.807, 2.05) is 52.2 Å². The fraction of sp³-hybridized carbons (Fsp3) is 0.0216. The van der Waals surface area contributed by atoms with Crippen molar-refractivity contribution < 1.29 is 4.42 Å². The Morgan fingerprint density at radius 2 is 0.651 bits per heavy atom. The molecule has 0 radical (unpaired) electrons. The number of para-hydroxylation sites is 7. The number of rotatable bonds is 15. The van der Waals surface area contributed by atoms with E-state index in [4.69, 9.17) is 4.42 Å². The molecule has 0 fully saturated rings. The van der Waals surface area contributed by atoms with Gasteiger partial charge >= 0.3 is 0 Å². The number of hydrogen-bond acceptors (Lipinski definition) is 8. The number of thiophene rings is 3. The Bertz CT molecular complexity index is 10200. The van der Waals surface area contributed by atoms with E-state index in [0.29, 0.717) is 0 Å². The summed E-state index contributed by atoms with van der Waals surface area (Å²) in [5.74, 6) is 0. The molecule has 0 saturated heterocycles. The van der Waals surface area contributed by atoms with E-state index in [-0.39, 0.29) is 5.41 Å². The molecule has 0 spiro atoms. The van der Waals surface area contributed by atoms with E-state index >= 15 is 0 Å². The summed E-state index contributed by atoms with van der Waals surface area (Å²) in [6, 6.07) is 186. The molecule has 0 atom stereocenters. The van der Waals surface area contributed by atoms with E-state index in [0.717, 1.165) is 84.3 Å². The molecule has 1 aliphatic rings. The van der Waals surface area contributed by atoms with Gasteiger partial charge in [0.25, 0.3) is 0 Å². The van der Waals surface area contributed by atoms with Gasteiger partial charge in [-0.2, -0.15) is 0 Å². The molecule has 149 heavy (non-hydrogen) atoms. The van der Waals surface area contributed by atoms with Crippen molar-refractivity contribution in [3.63, 3.8) is 0 Å². The quantitative estimate of drug-likeness (QED) is 0.0823. The maximum atomic E-state index is 6.65. The van der Waals surface area contributed by atoms with Crippen molar-refractivity contribution in [2.45, 2.75) is 19.3 Å². The summed E-state index contributed by atoms with van der Waals surface area (Å²) >= 11 is 5.60. The fourth-order valence-electron chi connectivity index (χ4n) is 22.8. The van der Waals surface area contributed by atoms with Gasteiger partial charge in [0.1, 0.15) is 11.2 Å². The Hall–Kier alpha value is -18.4. The van der Waals surface area contributed by atoms with Crippen LogP contribution >= 0.6 is 34.0 Å². The predicted molar refractivity (Wildman–Crippen MR) is 642 cm³/mol. The smallest absolute Gasteiger partial charge is 0.143 e. The minimum Gasteiger partial charge on any atom is -0.455 e. The molecule has 0 bridgehead atoms. The Labute approximate surface area is 874 Å². The van der Waals surface area contributed by atoms with Crippen LogP contribution in [0.25, 0.3) is 215 Å². The lowest BCUT2D eigenvalue weighted by Gasteiger charge is -2.24. The molecule has 6 aromatic heterocycles. The van der Waals surface area contributed by atoms with Crippen LogP contribution in [0.4, 0.5) is 45.5 Å². The van der Waals surface area contributed by atoms with Crippen LogP contribution in [0, 0.1) is 0 Å². The number of hydrogen-bond donors (Lipinski definition) is 4. The second-order valence-electron chi connectivity index (χ2n) is 38.7. The minimum absolute atomic E-state index is 0.0945. The van der Waals surface area contributed by atoms with Gasteiger partial charge in [-0.05, 0) is 236 Å². The van der Waals surface area contributed by atoms with Crippen molar-refractivity contribution in [2.75, 3.05) is 21.3 Å². The molecule has 30 rings (SSSR count). The maximum Gasteiger partial charge on any atom is 0.143 e. The zero-order valence-corrected chi connectivity index (χ0v) is 84.1. The van der Waals surface area contributed by atoms with Gasteiger partial charge in [0.05, 0.1) is 22.1 Å². The number of nitrogens with one attached hydrogen (secondary N) is 4. The van der Waals surface area contributed by atoms with Gasteiger partial charge in [0.15, 0.2) is 0 Å². The van der Waals surface area contributed by atoms with Crippen molar-refractivity contribution in [3.8, 4) is 78.1 Å². The minimum atomic E-state index is -0.0945. The highest BCUT2D eigenvalue weighted by molar-refractivity contribution is 7.27. The van der Waals surface area contributed by atoms with Crippen molar-refractivity contribution in [3.05, 3.63) is 533 Å².